The monoisotopic (exact) mass is 273 g/mol. The van der Waals surface area contributed by atoms with E-state index in [0.29, 0.717) is 26.3 Å². The molecule has 7 heteroatoms. The van der Waals surface area contributed by atoms with Gasteiger partial charge in [0.25, 0.3) is 0 Å². The molecule has 0 aromatic carbocycles. The molecule has 19 heavy (non-hydrogen) atoms. The highest BCUT2D eigenvalue weighted by Gasteiger charge is 2.28. The van der Waals surface area contributed by atoms with E-state index in [2.05, 4.69) is 5.43 Å². The molecule has 2 N–H and O–H groups in total. The van der Waals surface area contributed by atoms with Crippen LogP contribution in [0.1, 0.15) is 27.2 Å². The van der Waals surface area contributed by atoms with Crippen LogP contribution < -0.4 is 5.43 Å². The van der Waals surface area contributed by atoms with Gasteiger partial charge in [0, 0.05) is 25.2 Å². The van der Waals surface area contributed by atoms with Gasteiger partial charge in [0.1, 0.15) is 0 Å². The van der Waals surface area contributed by atoms with Crippen molar-refractivity contribution in [2.24, 2.45) is 0 Å². The maximum Gasteiger partial charge on any atom is 0.332 e. The molecular formula is C12H23N3O4. The number of urea groups is 1. The topological polar surface area (TPSA) is 82.1 Å². The van der Waals surface area contributed by atoms with Crippen LogP contribution in [0.15, 0.2) is 0 Å². The van der Waals surface area contributed by atoms with Gasteiger partial charge in [-0.3, -0.25) is 10.2 Å². The first kappa shape index (κ1) is 15.7. The van der Waals surface area contributed by atoms with Crippen LogP contribution in [0.25, 0.3) is 0 Å². The smallest absolute Gasteiger partial charge is 0.332 e. The van der Waals surface area contributed by atoms with E-state index >= 15 is 0 Å². The minimum Gasteiger partial charge on any atom is -0.481 e. The number of nitrogens with zero attached hydrogens (tertiary/aromatic N) is 2. The molecule has 1 saturated heterocycles. The van der Waals surface area contributed by atoms with Crippen molar-refractivity contribution in [1.29, 1.82) is 0 Å². The van der Waals surface area contributed by atoms with Crippen LogP contribution in [-0.4, -0.2) is 65.4 Å². The number of amides is 2. The fourth-order valence-corrected chi connectivity index (χ4v) is 1.82. The van der Waals surface area contributed by atoms with Crippen LogP contribution in [-0.2, 0) is 9.53 Å². The van der Waals surface area contributed by atoms with Crippen LogP contribution in [0.5, 0.6) is 0 Å². The van der Waals surface area contributed by atoms with Crippen molar-refractivity contribution in [3.8, 4) is 0 Å². The van der Waals surface area contributed by atoms with Gasteiger partial charge in [-0.2, -0.15) is 0 Å². The molecule has 0 aromatic rings. The molecule has 0 aliphatic carbocycles. The molecule has 0 saturated carbocycles. The Balaban J connectivity index is 2.57. The summed E-state index contributed by atoms with van der Waals surface area (Å²) in [5.74, 6) is -0.909. The molecule has 1 aliphatic rings. The highest BCUT2D eigenvalue weighted by molar-refractivity contribution is 5.75. The Hall–Kier alpha value is -1.34. The molecule has 1 fully saturated rings. The molecule has 1 heterocycles. The van der Waals surface area contributed by atoms with Gasteiger partial charge in [-0.15, -0.1) is 0 Å². The molecular weight excluding hydrogens is 250 g/mol. The Kier molecular flexibility index (Phi) is 5.56. The molecule has 0 bridgehead atoms. The number of morpholine rings is 1. The van der Waals surface area contributed by atoms with E-state index in [0.717, 1.165) is 0 Å². The summed E-state index contributed by atoms with van der Waals surface area (Å²) in [7, 11) is 0. The number of hydrogen-bond donors (Lipinski definition) is 2. The second-order valence-corrected chi connectivity index (χ2v) is 5.48. The third-order valence-electron chi connectivity index (χ3n) is 2.87. The lowest BCUT2D eigenvalue weighted by atomic mass is 10.1. The third-order valence-corrected chi connectivity index (χ3v) is 2.87. The molecule has 1 aliphatic heterocycles. The number of carboxylic acid groups (broad SMARTS) is 1. The summed E-state index contributed by atoms with van der Waals surface area (Å²) >= 11 is 0. The van der Waals surface area contributed by atoms with Crippen molar-refractivity contribution in [1.82, 2.24) is 15.3 Å². The van der Waals surface area contributed by atoms with Gasteiger partial charge < -0.3 is 14.7 Å². The third kappa shape index (κ3) is 5.44. The van der Waals surface area contributed by atoms with Gasteiger partial charge in [-0.25, -0.2) is 9.80 Å². The average Bonchev–Trinajstić information content (AvgIpc) is 2.28. The van der Waals surface area contributed by atoms with Crippen LogP contribution in [0.3, 0.4) is 0 Å². The van der Waals surface area contributed by atoms with Gasteiger partial charge in [-0.1, -0.05) is 0 Å². The number of ether oxygens (including phenoxy) is 1. The summed E-state index contributed by atoms with van der Waals surface area (Å²) in [5, 5.41) is 10.5. The van der Waals surface area contributed by atoms with E-state index in [1.807, 2.05) is 20.8 Å². The van der Waals surface area contributed by atoms with Gasteiger partial charge >= 0.3 is 12.0 Å². The summed E-state index contributed by atoms with van der Waals surface area (Å²) in [6, 6.07) is -0.268. The van der Waals surface area contributed by atoms with Gasteiger partial charge in [0.15, 0.2) is 0 Å². The molecule has 110 valence electrons. The molecule has 0 unspecified atom stereocenters. The maximum atomic E-state index is 12.2. The summed E-state index contributed by atoms with van der Waals surface area (Å²) in [6.07, 6.45) is -0.0617. The summed E-state index contributed by atoms with van der Waals surface area (Å²) in [6.45, 7) is 8.30. The van der Waals surface area contributed by atoms with E-state index in [-0.39, 0.29) is 19.0 Å². The zero-order valence-corrected chi connectivity index (χ0v) is 11.8. The number of hydrazine groups is 1. The van der Waals surface area contributed by atoms with Crippen molar-refractivity contribution in [3.63, 3.8) is 0 Å². The largest absolute Gasteiger partial charge is 0.481 e. The van der Waals surface area contributed by atoms with Gasteiger partial charge in [0.05, 0.1) is 19.6 Å². The molecule has 1 rings (SSSR count). The standard InChI is InChI=1S/C12H23N3O4/c1-12(2,3)15(5-4-10(16)17)11(18)13-14-6-8-19-9-7-14/h4-9H2,1-3H3,(H,13,18)(H,16,17). The van der Waals surface area contributed by atoms with E-state index in [4.69, 9.17) is 9.84 Å². The average molecular weight is 273 g/mol. The zero-order chi connectivity index (χ0) is 14.5. The quantitative estimate of drug-likeness (QED) is 0.780. The molecule has 0 atom stereocenters. The minimum atomic E-state index is -0.909. The first-order chi connectivity index (χ1) is 8.80. The summed E-state index contributed by atoms with van der Waals surface area (Å²) in [5.41, 5.74) is 2.37. The van der Waals surface area contributed by atoms with Crippen molar-refractivity contribution < 1.29 is 19.4 Å². The number of rotatable bonds is 4. The van der Waals surface area contributed by atoms with Crippen molar-refractivity contribution in [3.05, 3.63) is 0 Å². The zero-order valence-electron chi connectivity index (χ0n) is 11.8. The SMILES string of the molecule is CC(C)(C)N(CCC(=O)O)C(=O)NN1CCOCC1. The normalized spacial score (nSPS) is 17.0. The van der Waals surface area contributed by atoms with Crippen molar-refractivity contribution in [2.45, 2.75) is 32.7 Å². The number of carbonyl (C=O) groups is 2. The summed E-state index contributed by atoms with van der Waals surface area (Å²) < 4.78 is 5.20. The number of carbonyl (C=O) groups excluding carboxylic acids is 1. The number of carboxylic acids is 1. The van der Waals surface area contributed by atoms with E-state index < -0.39 is 11.5 Å². The molecule has 0 radical (unpaired) electrons. The number of aliphatic carboxylic acids is 1. The Morgan fingerprint density at radius 1 is 1.32 bits per heavy atom. The molecule has 0 spiro atoms. The Morgan fingerprint density at radius 2 is 1.89 bits per heavy atom. The molecule has 7 nitrogen and oxygen atoms in total. The van der Waals surface area contributed by atoms with Crippen molar-refractivity contribution >= 4 is 12.0 Å². The lowest BCUT2D eigenvalue weighted by Gasteiger charge is -2.37. The van der Waals surface area contributed by atoms with E-state index in [1.165, 1.54) is 4.90 Å². The number of nitrogens with one attached hydrogen (secondary N) is 1. The van der Waals surface area contributed by atoms with Crippen LogP contribution in [0.4, 0.5) is 4.79 Å². The van der Waals surface area contributed by atoms with Gasteiger partial charge in [0.2, 0.25) is 0 Å². The van der Waals surface area contributed by atoms with Crippen LogP contribution >= 0.6 is 0 Å². The van der Waals surface area contributed by atoms with E-state index in [1.54, 1.807) is 5.01 Å². The summed E-state index contributed by atoms with van der Waals surface area (Å²) in [4.78, 5) is 24.4. The highest BCUT2D eigenvalue weighted by Crippen LogP contribution is 2.14. The second-order valence-electron chi connectivity index (χ2n) is 5.48. The van der Waals surface area contributed by atoms with Crippen LogP contribution in [0.2, 0.25) is 0 Å². The van der Waals surface area contributed by atoms with Crippen molar-refractivity contribution in [2.75, 3.05) is 32.8 Å². The second kappa shape index (κ2) is 6.72. The highest BCUT2D eigenvalue weighted by atomic mass is 16.5. The Labute approximate surface area is 113 Å². The predicted octanol–water partition coefficient (Wildman–Crippen LogP) is 0.518. The lowest BCUT2D eigenvalue weighted by Crippen LogP contribution is -2.57. The first-order valence-electron chi connectivity index (χ1n) is 6.43. The predicted molar refractivity (Wildman–Crippen MR) is 69.6 cm³/mol. The fourth-order valence-electron chi connectivity index (χ4n) is 1.82. The molecule has 2 amide bonds. The Bertz CT molecular complexity index is 321. The first-order valence-corrected chi connectivity index (χ1v) is 6.43. The Morgan fingerprint density at radius 3 is 2.37 bits per heavy atom. The van der Waals surface area contributed by atoms with Gasteiger partial charge in [-0.05, 0) is 20.8 Å². The minimum absolute atomic E-state index is 0.0617. The molecule has 0 aromatic heterocycles. The maximum absolute atomic E-state index is 12.2. The lowest BCUT2D eigenvalue weighted by molar-refractivity contribution is -0.137. The van der Waals surface area contributed by atoms with E-state index in [9.17, 15) is 9.59 Å². The fraction of sp³-hybridized carbons (Fsp3) is 0.833. The number of hydrogen-bond acceptors (Lipinski definition) is 4. The van der Waals surface area contributed by atoms with Crippen LogP contribution in [0, 0.1) is 0 Å².